The van der Waals surface area contributed by atoms with E-state index in [1.165, 1.54) is 51.4 Å². The fraction of sp³-hybridized carbons (Fsp3) is 1.00. The molecule has 0 aliphatic carbocycles. The Morgan fingerprint density at radius 3 is 1.32 bits per heavy atom. The van der Waals surface area contributed by atoms with Crippen molar-refractivity contribution in [3.05, 3.63) is 0 Å². The first-order valence-corrected chi connectivity index (χ1v) is 12.7. The summed E-state index contributed by atoms with van der Waals surface area (Å²) in [6.07, 6.45) is 14.4. The van der Waals surface area contributed by atoms with Crippen LogP contribution in [0.25, 0.3) is 0 Å². The van der Waals surface area contributed by atoms with Crippen molar-refractivity contribution in [2.24, 2.45) is 0 Å². The van der Waals surface area contributed by atoms with E-state index in [0.29, 0.717) is 10.4 Å². The van der Waals surface area contributed by atoms with Crippen molar-refractivity contribution in [2.45, 2.75) is 101 Å². The van der Waals surface area contributed by atoms with Gasteiger partial charge < -0.3 is 0 Å². The fourth-order valence-corrected chi connectivity index (χ4v) is 5.87. The summed E-state index contributed by atoms with van der Waals surface area (Å²) < 4.78 is 21.9. The zero-order chi connectivity index (χ0) is 14.4. The first kappa shape index (κ1) is 19.3. The third kappa shape index (κ3) is 14.5. The quantitative estimate of drug-likeness (QED) is 0.333. The standard InChI is InChI=1S/C16H35AsO2/c1-3-5-7-9-11-13-15-17(18,19)16-14-12-10-8-6-4-2/h3-16H2,1-2H3,(H,18,19). The normalized spacial score (nSPS) is 11.9. The molecule has 0 saturated carbocycles. The molecule has 2 nitrogen and oxygen atoms in total. The number of unbranched alkanes of at least 4 members (excludes halogenated alkanes) is 10. The van der Waals surface area contributed by atoms with Crippen LogP contribution in [-0.2, 0) is 3.74 Å². The number of hydrogen-bond acceptors (Lipinski definition) is 1. The van der Waals surface area contributed by atoms with Crippen LogP contribution in [-0.4, -0.2) is 17.9 Å². The van der Waals surface area contributed by atoms with Gasteiger partial charge in [0.25, 0.3) is 0 Å². The predicted octanol–water partition coefficient (Wildman–Crippen LogP) is 5.57. The summed E-state index contributed by atoms with van der Waals surface area (Å²) in [5.74, 6) is 0. The molecule has 0 rings (SSSR count). The Morgan fingerprint density at radius 2 is 0.947 bits per heavy atom. The van der Waals surface area contributed by atoms with E-state index in [4.69, 9.17) is 0 Å². The fourth-order valence-electron chi connectivity index (χ4n) is 2.39. The van der Waals surface area contributed by atoms with Gasteiger partial charge in [0, 0.05) is 0 Å². The van der Waals surface area contributed by atoms with Gasteiger partial charge in [-0.05, 0) is 0 Å². The Kier molecular flexibility index (Phi) is 13.5. The van der Waals surface area contributed by atoms with Crippen LogP contribution in [0.4, 0.5) is 0 Å². The van der Waals surface area contributed by atoms with E-state index < -0.39 is 13.8 Å². The van der Waals surface area contributed by atoms with Crippen LogP contribution in [0.1, 0.15) is 90.9 Å². The Bertz CT molecular complexity index is 209. The Hall–Kier alpha value is 0.318. The van der Waals surface area contributed by atoms with Gasteiger partial charge in [-0.2, -0.15) is 0 Å². The third-order valence-corrected chi connectivity index (χ3v) is 7.98. The Morgan fingerprint density at radius 1 is 0.632 bits per heavy atom. The summed E-state index contributed by atoms with van der Waals surface area (Å²) in [6, 6.07) is 0. The maximum atomic E-state index is 12.0. The second-order valence-electron chi connectivity index (χ2n) is 5.83. The van der Waals surface area contributed by atoms with Gasteiger partial charge in [0.2, 0.25) is 0 Å². The minimum absolute atomic E-state index is 0.610. The van der Waals surface area contributed by atoms with Crippen molar-refractivity contribution in [3.63, 3.8) is 0 Å². The molecule has 116 valence electrons. The van der Waals surface area contributed by atoms with Crippen molar-refractivity contribution in [2.75, 3.05) is 0 Å². The van der Waals surface area contributed by atoms with Crippen LogP contribution < -0.4 is 0 Å². The van der Waals surface area contributed by atoms with Crippen LogP contribution in [0.15, 0.2) is 0 Å². The van der Waals surface area contributed by atoms with Gasteiger partial charge in [0.15, 0.2) is 0 Å². The molecule has 0 aliphatic heterocycles. The average Bonchev–Trinajstić information content (AvgIpc) is 2.38. The summed E-state index contributed by atoms with van der Waals surface area (Å²) in [5.41, 5.74) is 0. The summed E-state index contributed by atoms with van der Waals surface area (Å²) in [7, 11) is 0. The molecule has 0 radical (unpaired) electrons. The summed E-state index contributed by atoms with van der Waals surface area (Å²) >= 11 is -3.43. The van der Waals surface area contributed by atoms with Crippen molar-refractivity contribution in [3.8, 4) is 0 Å². The van der Waals surface area contributed by atoms with Crippen LogP contribution in [0.3, 0.4) is 0 Å². The molecule has 0 spiro atoms. The topological polar surface area (TPSA) is 37.3 Å². The first-order chi connectivity index (χ1) is 9.12. The molecule has 0 aromatic rings. The van der Waals surface area contributed by atoms with Gasteiger partial charge in [0.1, 0.15) is 0 Å². The molecular formula is C16H35AsO2. The molecule has 0 saturated heterocycles. The Balaban J connectivity index is 3.39. The molecule has 0 aromatic heterocycles. The SMILES string of the molecule is CCCCCCCC[As](=O)(O)CCCCCCCC. The van der Waals surface area contributed by atoms with Crippen LogP contribution in [0.2, 0.25) is 10.4 Å². The van der Waals surface area contributed by atoms with Crippen molar-refractivity contribution < 1.29 is 7.84 Å². The zero-order valence-corrected chi connectivity index (χ0v) is 15.1. The van der Waals surface area contributed by atoms with E-state index in [2.05, 4.69) is 13.8 Å². The van der Waals surface area contributed by atoms with Gasteiger partial charge in [-0.15, -0.1) is 0 Å². The molecule has 0 unspecified atom stereocenters. The van der Waals surface area contributed by atoms with Gasteiger partial charge in [0.05, 0.1) is 0 Å². The molecule has 0 heterocycles. The van der Waals surface area contributed by atoms with Gasteiger partial charge in [-0.25, -0.2) is 0 Å². The molecule has 0 aliphatic rings. The van der Waals surface area contributed by atoms with Gasteiger partial charge >= 0.3 is 123 Å². The van der Waals surface area contributed by atoms with Crippen molar-refractivity contribution in [1.82, 2.24) is 0 Å². The minimum atomic E-state index is -3.43. The summed E-state index contributed by atoms with van der Waals surface area (Å²) in [6.45, 7) is 4.43. The molecule has 0 fully saturated rings. The van der Waals surface area contributed by atoms with E-state index in [1.54, 1.807) is 0 Å². The maximum absolute atomic E-state index is 12.0. The molecule has 3 heteroatoms. The molecule has 0 bridgehead atoms. The molecule has 0 aromatic carbocycles. The van der Waals surface area contributed by atoms with E-state index >= 15 is 0 Å². The van der Waals surface area contributed by atoms with E-state index in [1.807, 2.05) is 0 Å². The van der Waals surface area contributed by atoms with Gasteiger partial charge in [-0.1, -0.05) is 0 Å². The third-order valence-electron chi connectivity index (χ3n) is 3.72. The van der Waals surface area contributed by atoms with Crippen LogP contribution >= 0.6 is 0 Å². The number of rotatable bonds is 14. The van der Waals surface area contributed by atoms with Gasteiger partial charge in [-0.3, -0.25) is 0 Å². The van der Waals surface area contributed by atoms with E-state index in [0.717, 1.165) is 25.7 Å². The Labute approximate surface area is 123 Å². The summed E-state index contributed by atoms with van der Waals surface area (Å²) in [5, 5.41) is 1.22. The average molecular weight is 334 g/mol. The van der Waals surface area contributed by atoms with E-state index in [-0.39, 0.29) is 0 Å². The molecule has 0 amide bonds. The predicted molar refractivity (Wildman–Crippen MR) is 85.0 cm³/mol. The summed E-state index contributed by atoms with van der Waals surface area (Å²) in [4.78, 5) is 0. The van der Waals surface area contributed by atoms with Crippen LogP contribution in [0.5, 0.6) is 0 Å². The first-order valence-electron chi connectivity index (χ1n) is 8.43. The van der Waals surface area contributed by atoms with E-state index in [9.17, 15) is 7.84 Å². The zero-order valence-electron chi connectivity index (χ0n) is 13.2. The van der Waals surface area contributed by atoms with Crippen molar-refractivity contribution >= 4 is 13.8 Å². The van der Waals surface area contributed by atoms with Crippen LogP contribution in [0, 0.1) is 0 Å². The monoisotopic (exact) mass is 334 g/mol. The number of hydrogen-bond donors (Lipinski definition) is 1. The van der Waals surface area contributed by atoms with Crippen molar-refractivity contribution in [1.29, 1.82) is 0 Å². The second-order valence-corrected chi connectivity index (χ2v) is 11.3. The second kappa shape index (κ2) is 13.3. The molecule has 19 heavy (non-hydrogen) atoms. The molecular weight excluding hydrogens is 299 g/mol. The molecule has 1 N–H and O–H groups in total. The molecule has 0 atom stereocenters.